The molecule has 1 amide bonds. The zero-order valence-electron chi connectivity index (χ0n) is 18.1. The molecule has 1 saturated heterocycles. The van der Waals surface area contributed by atoms with Crippen LogP contribution in [-0.4, -0.2) is 56.1 Å². The van der Waals surface area contributed by atoms with Gasteiger partial charge in [0.2, 0.25) is 0 Å². The topological polar surface area (TPSA) is 66.0 Å². The molecule has 1 fully saturated rings. The Labute approximate surface area is 202 Å². The number of amides is 1. The number of hydrogen-bond acceptors (Lipinski definition) is 3. The van der Waals surface area contributed by atoms with E-state index in [1.54, 1.807) is 0 Å². The highest BCUT2D eigenvalue weighted by molar-refractivity contribution is 14.0. The van der Waals surface area contributed by atoms with Gasteiger partial charge in [0.15, 0.2) is 5.96 Å². The third kappa shape index (κ3) is 8.49. The molecule has 2 aromatic carbocycles. The van der Waals surface area contributed by atoms with Gasteiger partial charge >= 0.3 is 0 Å². The lowest BCUT2D eigenvalue weighted by atomic mass is 10.1. The van der Waals surface area contributed by atoms with Gasteiger partial charge in [0.25, 0.3) is 5.91 Å². The van der Waals surface area contributed by atoms with Crippen molar-refractivity contribution in [3.8, 4) is 0 Å². The van der Waals surface area contributed by atoms with Crippen LogP contribution in [0.3, 0.4) is 0 Å². The van der Waals surface area contributed by atoms with Crippen LogP contribution in [0.15, 0.2) is 65.7 Å². The molecule has 2 aromatic rings. The highest BCUT2D eigenvalue weighted by atomic mass is 127. The number of likely N-dealkylation sites (tertiary alicyclic amines) is 1. The highest BCUT2D eigenvalue weighted by Crippen LogP contribution is 2.17. The first-order valence-corrected chi connectivity index (χ1v) is 10.7. The van der Waals surface area contributed by atoms with E-state index in [9.17, 15) is 4.79 Å². The number of carbonyl (C=O) groups is 1. The number of benzene rings is 2. The summed E-state index contributed by atoms with van der Waals surface area (Å²) in [4.78, 5) is 19.1. The normalized spacial score (nSPS) is 16.0. The van der Waals surface area contributed by atoms with Crippen LogP contribution >= 0.6 is 24.0 Å². The second kappa shape index (κ2) is 14.0. The van der Waals surface area contributed by atoms with E-state index in [1.165, 1.54) is 5.56 Å². The van der Waals surface area contributed by atoms with Gasteiger partial charge in [-0.3, -0.25) is 9.79 Å². The van der Waals surface area contributed by atoms with Crippen LogP contribution in [0.25, 0.3) is 0 Å². The molecule has 0 radical (unpaired) electrons. The molecule has 0 aliphatic carbocycles. The van der Waals surface area contributed by atoms with E-state index >= 15 is 0 Å². The third-order valence-corrected chi connectivity index (χ3v) is 5.08. The third-order valence-electron chi connectivity index (χ3n) is 5.08. The lowest BCUT2D eigenvalue weighted by molar-refractivity contribution is 0.0906. The minimum atomic E-state index is -0.0624. The van der Waals surface area contributed by atoms with Gasteiger partial charge in [0.1, 0.15) is 0 Å². The minimum Gasteiger partial charge on any atom is -0.376 e. The van der Waals surface area contributed by atoms with Crippen LogP contribution in [0.2, 0.25) is 0 Å². The summed E-state index contributed by atoms with van der Waals surface area (Å²) in [5, 5.41) is 6.30. The monoisotopic (exact) mass is 536 g/mol. The van der Waals surface area contributed by atoms with E-state index in [0.29, 0.717) is 31.2 Å². The lowest BCUT2D eigenvalue weighted by Crippen LogP contribution is -2.40. The van der Waals surface area contributed by atoms with Crippen molar-refractivity contribution >= 4 is 35.8 Å². The van der Waals surface area contributed by atoms with Crippen molar-refractivity contribution in [2.24, 2.45) is 10.9 Å². The molecular weight excluding hydrogens is 503 g/mol. The number of aliphatic imine (C=N–C) groups is 1. The predicted molar refractivity (Wildman–Crippen MR) is 136 cm³/mol. The Kier molecular flexibility index (Phi) is 11.4. The molecule has 3 rings (SSSR count). The zero-order valence-corrected chi connectivity index (χ0v) is 20.5. The summed E-state index contributed by atoms with van der Waals surface area (Å²) in [6, 6.07) is 19.5. The molecule has 0 bridgehead atoms. The average Bonchev–Trinajstić information content (AvgIpc) is 3.26. The first-order chi connectivity index (χ1) is 14.8. The molecule has 7 heteroatoms. The molecule has 0 aromatic heterocycles. The van der Waals surface area contributed by atoms with Crippen molar-refractivity contribution in [1.82, 2.24) is 15.5 Å². The van der Waals surface area contributed by atoms with E-state index < -0.39 is 0 Å². The number of ether oxygens (including phenoxy) is 1. The van der Waals surface area contributed by atoms with Gasteiger partial charge in [0.05, 0.1) is 19.8 Å². The Hall–Kier alpha value is -2.13. The maximum Gasteiger partial charge on any atom is 0.251 e. The predicted octanol–water partition coefficient (Wildman–Crippen LogP) is 3.54. The standard InChI is InChI=1S/C24H32N4O2.HI/c1-2-25-24(27-15-14-26-23(29)22-11-7-4-8-12-22)28-16-13-21(17-28)19-30-18-20-9-5-3-6-10-20;/h3-12,21H,2,13-19H2,1H3,(H,25,27)(H,26,29);1H. The fourth-order valence-corrected chi connectivity index (χ4v) is 3.53. The summed E-state index contributed by atoms with van der Waals surface area (Å²) in [7, 11) is 0. The first kappa shape index (κ1) is 25.1. The molecule has 1 heterocycles. The molecule has 1 unspecified atom stereocenters. The lowest BCUT2D eigenvalue weighted by Gasteiger charge is -2.21. The Morgan fingerprint density at radius 3 is 2.52 bits per heavy atom. The minimum absolute atomic E-state index is 0. The van der Waals surface area contributed by atoms with Crippen LogP contribution in [0.1, 0.15) is 29.3 Å². The van der Waals surface area contributed by atoms with Gasteiger partial charge in [0, 0.05) is 37.7 Å². The van der Waals surface area contributed by atoms with Crippen molar-refractivity contribution in [3.63, 3.8) is 0 Å². The van der Waals surface area contributed by atoms with Gasteiger partial charge < -0.3 is 20.3 Å². The number of halogens is 1. The molecule has 6 nitrogen and oxygen atoms in total. The fraction of sp³-hybridized carbons (Fsp3) is 0.417. The van der Waals surface area contributed by atoms with E-state index in [-0.39, 0.29) is 29.9 Å². The summed E-state index contributed by atoms with van der Waals surface area (Å²) in [5.74, 6) is 1.36. The molecule has 168 valence electrons. The van der Waals surface area contributed by atoms with Crippen LogP contribution in [0.5, 0.6) is 0 Å². The van der Waals surface area contributed by atoms with Gasteiger partial charge in [-0.1, -0.05) is 48.5 Å². The Bertz CT molecular complexity index is 802. The van der Waals surface area contributed by atoms with Gasteiger partial charge in [-0.2, -0.15) is 0 Å². The summed E-state index contributed by atoms with van der Waals surface area (Å²) in [6.45, 7) is 7.29. The SMILES string of the molecule is CCNC(=NCCNC(=O)c1ccccc1)N1CCC(COCc2ccccc2)C1.I. The second-order valence-corrected chi connectivity index (χ2v) is 7.46. The van der Waals surface area contributed by atoms with E-state index in [0.717, 1.165) is 38.6 Å². The van der Waals surface area contributed by atoms with Crippen molar-refractivity contribution in [1.29, 1.82) is 0 Å². The number of rotatable bonds is 9. The molecule has 1 aliphatic heterocycles. The zero-order chi connectivity index (χ0) is 21.0. The number of nitrogens with zero attached hydrogens (tertiary/aromatic N) is 2. The van der Waals surface area contributed by atoms with Crippen molar-refractivity contribution < 1.29 is 9.53 Å². The Balaban J connectivity index is 0.00000341. The number of carbonyl (C=O) groups excluding carboxylic acids is 1. The van der Waals surface area contributed by atoms with E-state index in [2.05, 4.69) is 34.6 Å². The number of guanidine groups is 1. The number of nitrogens with one attached hydrogen (secondary N) is 2. The van der Waals surface area contributed by atoms with Crippen LogP contribution < -0.4 is 10.6 Å². The summed E-state index contributed by atoms with van der Waals surface area (Å²) in [6.07, 6.45) is 1.10. The largest absolute Gasteiger partial charge is 0.376 e. The maximum absolute atomic E-state index is 12.1. The van der Waals surface area contributed by atoms with Crippen molar-refractivity contribution in [2.75, 3.05) is 39.3 Å². The maximum atomic E-state index is 12.1. The summed E-state index contributed by atoms with van der Waals surface area (Å²) in [5.41, 5.74) is 1.88. The second-order valence-electron chi connectivity index (χ2n) is 7.46. The summed E-state index contributed by atoms with van der Waals surface area (Å²) >= 11 is 0. The molecule has 1 aliphatic rings. The number of hydrogen-bond donors (Lipinski definition) is 2. The van der Waals surface area contributed by atoms with Crippen LogP contribution in [-0.2, 0) is 11.3 Å². The van der Waals surface area contributed by atoms with Gasteiger partial charge in [-0.25, -0.2) is 0 Å². The van der Waals surface area contributed by atoms with Gasteiger partial charge in [-0.05, 0) is 31.0 Å². The van der Waals surface area contributed by atoms with Crippen molar-refractivity contribution in [2.45, 2.75) is 20.0 Å². The smallest absolute Gasteiger partial charge is 0.251 e. The van der Waals surface area contributed by atoms with Crippen LogP contribution in [0, 0.1) is 5.92 Å². The molecular formula is C24H33IN4O2. The van der Waals surface area contributed by atoms with E-state index in [4.69, 9.17) is 9.73 Å². The molecule has 0 spiro atoms. The van der Waals surface area contributed by atoms with Crippen LogP contribution in [0.4, 0.5) is 0 Å². The quantitative estimate of drug-likeness (QED) is 0.223. The summed E-state index contributed by atoms with van der Waals surface area (Å²) < 4.78 is 5.92. The fourth-order valence-electron chi connectivity index (χ4n) is 3.53. The molecule has 1 atom stereocenters. The molecule has 2 N–H and O–H groups in total. The Morgan fingerprint density at radius 1 is 1.10 bits per heavy atom. The highest BCUT2D eigenvalue weighted by Gasteiger charge is 2.24. The van der Waals surface area contributed by atoms with E-state index in [1.807, 2.05) is 48.5 Å². The van der Waals surface area contributed by atoms with Gasteiger partial charge in [-0.15, -0.1) is 24.0 Å². The Morgan fingerprint density at radius 2 is 1.81 bits per heavy atom. The molecule has 0 saturated carbocycles. The average molecular weight is 536 g/mol. The van der Waals surface area contributed by atoms with Crippen molar-refractivity contribution in [3.05, 3.63) is 71.8 Å². The first-order valence-electron chi connectivity index (χ1n) is 10.7. The molecule has 31 heavy (non-hydrogen) atoms.